The Labute approximate surface area is 201 Å². The third kappa shape index (κ3) is 3.82. The van der Waals surface area contributed by atoms with E-state index in [4.69, 9.17) is 23.4 Å². The van der Waals surface area contributed by atoms with E-state index in [0.29, 0.717) is 45.2 Å². The van der Waals surface area contributed by atoms with E-state index >= 15 is 0 Å². The standard InChI is InChI=1S/C27H23NO7/c1-31-19-14-21(33-3)20(32-2)13-17(19)22-23-24(16-11-7-8-12-18(16)34-27(23)30)35-25(22)26(29)28-15-9-5-4-6-10-15/h4-14,22,25H,1-3H3,(H,28,29)/t22-,25+/m0/s1. The summed E-state index contributed by atoms with van der Waals surface area (Å²) in [6.07, 6.45) is -1.08. The van der Waals surface area contributed by atoms with E-state index in [1.165, 1.54) is 21.3 Å². The molecule has 2 atom stereocenters. The van der Waals surface area contributed by atoms with Crippen molar-refractivity contribution in [2.24, 2.45) is 0 Å². The van der Waals surface area contributed by atoms with Gasteiger partial charge in [0.2, 0.25) is 0 Å². The predicted octanol–water partition coefficient (Wildman–Crippen LogP) is 4.35. The summed E-state index contributed by atoms with van der Waals surface area (Å²) in [5.74, 6) is 0.343. The second kappa shape index (κ2) is 9.06. The molecule has 0 saturated heterocycles. The van der Waals surface area contributed by atoms with Crippen molar-refractivity contribution in [1.82, 2.24) is 0 Å². The van der Waals surface area contributed by atoms with E-state index in [-0.39, 0.29) is 5.56 Å². The van der Waals surface area contributed by atoms with Gasteiger partial charge in [0.15, 0.2) is 17.6 Å². The summed E-state index contributed by atoms with van der Waals surface area (Å²) < 4.78 is 28.4. The molecule has 35 heavy (non-hydrogen) atoms. The predicted molar refractivity (Wildman–Crippen MR) is 130 cm³/mol. The Morgan fingerprint density at radius 2 is 1.51 bits per heavy atom. The molecule has 4 aromatic rings. The molecule has 0 saturated carbocycles. The van der Waals surface area contributed by atoms with Gasteiger partial charge in [-0.3, -0.25) is 4.79 Å². The Hall–Kier alpha value is -4.46. The number of amides is 1. The van der Waals surface area contributed by atoms with E-state index in [2.05, 4.69) is 5.32 Å². The molecule has 0 bridgehead atoms. The van der Waals surface area contributed by atoms with Crippen molar-refractivity contribution < 1.29 is 28.2 Å². The zero-order chi connectivity index (χ0) is 24.5. The zero-order valence-electron chi connectivity index (χ0n) is 19.4. The largest absolute Gasteiger partial charge is 0.496 e. The number of benzene rings is 3. The molecule has 0 fully saturated rings. The second-order valence-electron chi connectivity index (χ2n) is 7.95. The van der Waals surface area contributed by atoms with Gasteiger partial charge in [0.25, 0.3) is 5.91 Å². The Bertz CT molecular complexity index is 1460. The number of hydrogen-bond acceptors (Lipinski definition) is 7. The highest BCUT2D eigenvalue weighted by Gasteiger charge is 2.45. The summed E-state index contributed by atoms with van der Waals surface area (Å²) in [5.41, 5.74) is 1.16. The van der Waals surface area contributed by atoms with E-state index in [9.17, 15) is 9.59 Å². The van der Waals surface area contributed by atoms with Crippen LogP contribution in [0.2, 0.25) is 0 Å². The van der Waals surface area contributed by atoms with Crippen LogP contribution in [-0.4, -0.2) is 33.3 Å². The van der Waals surface area contributed by atoms with Gasteiger partial charge in [-0.05, 0) is 30.3 Å². The lowest BCUT2D eigenvalue weighted by Crippen LogP contribution is -2.35. The molecule has 0 unspecified atom stereocenters. The van der Waals surface area contributed by atoms with E-state index in [0.717, 1.165) is 0 Å². The summed E-state index contributed by atoms with van der Waals surface area (Å²) in [5, 5.41) is 3.48. The molecule has 0 spiro atoms. The monoisotopic (exact) mass is 473 g/mol. The van der Waals surface area contributed by atoms with Crippen molar-refractivity contribution in [2.45, 2.75) is 12.0 Å². The molecule has 3 aromatic carbocycles. The molecular weight excluding hydrogens is 450 g/mol. The van der Waals surface area contributed by atoms with Gasteiger partial charge < -0.3 is 28.7 Å². The molecule has 1 aliphatic heterocycles. The maximum absolute atomic E-state index is 13.5. The van der Waals surface area contributed by atoms with Crippen LogP contribution in [0.15, 0.2) is 75.9 Å². The third-order valence-corrected chi connectivity index (χ3v) is 6.03. The molecule has 1 aliphatic rings. The fraction of sp³-hybridized carbons (Fsp3) is 0.185. The summed E-state index contributed by atoms with van der Waals surface area (Å²) >= 11 is 0. The molecule has 5 rings (SSSR count). The maximum Gasteiger partial charge on any atom is 0.344 e. The molecule has 8 nitrogen and oxygen atoms in total. The lowest BCUT2D eigenvalue weighted by molar-refractivity contribution is -0.122. The van der Waals surface area contributed by atoms with Crippen LogP contribution in [0.5, 0.6) is 23.0 Å². The van der Waals surface area contributed by atoms with Crippen LogP contribution in [-0.2, 0) is 4.79 Å². The average Bonchev–Trinajstić information content (AvgIpc) is 3.30. The van der Waals surface area contributed by atoms with Gasteiger partial charge in [-0.1, -0.05) is 30.3 Å². The Morgan fingerprint density at radius 3 is 2.23 bits per heavy atom. The number of hydrogen-bond donors (Lipinski definition) is 1. The summed E-state index contributed by atoms with van der Waals surface area (Å²) in [6, 6.07) is 19.4. The quantitative estimate of drug-likeness (QED) is 0.416. The SMILES string of the molecule is COc1cc(OC)c([C@H]2c3c(c4ccccc4oc3=O)O[C@H]2C(=O)Nc2ccccc2)cc1OC. The van der Waals surface area contributed by atoms with Crippen molar-refractivity contribution >= 4 is 22.6 Å². The first-order valence-electron chi connectivity index (χ1n) is 10.9. The van der Waals surface area contributed by atoms with Crippen molar-refractivity contribution in [1.29, 1.82) is 0 Å². The minimum absolute atomic E-state index is 0.238. The summed E-state index contributed by atoms with van der Waals surface area (Å²) in [7, 11) is 4.53. The van der Waals surface area contributed by atoms with E-state index in [1.807, 2.05) is 24.3 Å². The number of carbonyl (C=O) groups is 1. The molecule has 1 N–H and O–H groups in total. The van der Waals surface area contributed by atoms with Gasteiger partial charge in [0.1, 0.15) is 17.1 Å². The van der Waals surface area contributed by atoms with Crippen LogP contribution in [0, 0.1) is 0 Å². The van der Waals surface area contributed by atoms with Gasteiger partial charge in [-0.25, -0.2) is 4.79 Å². The van der Waals surface area contributed by atoms with E-state index in [1.54, 1.807) is 42.5 Å². The number of carbonyl (C=O) groups excluding carboxylic acids is 1. The fourth-order valence-corrected chi connectivity index (χ4v) is 4.43. The first kappa shape index (κ1) is 22.3. The summed E-state index contributed by atoms with van der Waals surface area (Å²) in [6.45, 7) is 0. The number of fused-ring (bicyclic) bond motifs is 3. The highest BCUT2D eigenvalue weighted by Crippen LogP contribution is 2.49. The molecule has 1 amide bonds. The smallest absolute Gasteiger partial charge is 0.344 e. The Kier molecular flexibility index (Phi) is 5.78. The van der Waals surface area contributed by atoms with Crippen molar-refractivity contribution in [3.8, 4) is 23.0 Å². The highest BCUT2D eigenvalue weighted by atomic mass is 16.5. The van der Waals surface area contributed by atoms with Crippen molar-refractivity contribution in [3.63, 3.8) is 0 Å². The highest BCUT2D eigenvalue weighted by molar-refractivity contribution is 5.97. The van der Waals surface area contributed by atoms with Crippen LogP contribution in [0.25, 0.3) is 11.0 Å². The van der Waals surface area contributed by atoms with Crippen LogP contribution in [0.3, 0.4) is 0 Å². The molecule has 0 aliphatic carbocycles. The molecule has 178 valence electrons. The minimum atomic E-state index is -1.08. The molecule has 1 aromatic heterocycles. The normalized spacial score (nSPS) is 16.3. The number of para-hydroxylation sites is 2. The van der Waals surface area contributed by atoms with Gasteiger partial charge in [-0.15, -0.1) is 0 Å². The Morgan fingerprint density at radius 1 is 0.857 bits per heavy atom. The number of ether oxygens (including phenoxy) is 4. The number of methoxy groups -OCH3 is 3. The van der Waals surface area contributed by atoms with Crippen LogP contribution >= 0.6 is 0 Å². The fourth-order valence-electron chi connectivity index (χ4n) is 4.43. The Balaban J connectivity index is 1.72. The van der Waals surface area contributed by atoms with Gasteiger partial charge >= 0.3 is 5.63 Å². The van der Waals surface area contributed by atoms with Crippen LogP contribution in [0.1, 0.15) is 17.0 Å². The zero-order valence-corrected chi connectivity index (χ0v) is 19.4. The van der Waals surface area contributed by atoms with Crippen molar-refractivity contribution in [2.75, 3.05) is 26.6 Å². The van der Waals surface area contributed by atoms with Crippen LogP contribution in [0.4, 0.5) is 5.69 Å². The van der Waals surface area contributed by atoms with Gasteiger partial charge in [0.05, 0.1) is 38.2 Å². The lowest BCUT2D eigenvalue weighted by atomic mass is 9.87. The van der Waals surface area contributed by atoms with Gasteiger partial charge in [-0.2, -0.15) is 0 Å². The first-order valence-corrected chi connectivity index (χ1v) is 10.9. The number of rotatable bonds is 6. The molecule has 2 heterocycles. The van der Waals surface area contributed by atoms with Gasteiger partial charge in [0, 0.05) is 17.3 Å². The molecular formula is C27H23NO7. The maximum atomic E-state index is 13.5. The lowest BCUT2D eigenvalue weighted by Gasteiger charge is -2.22. The number of anilines is 1. The van der Waals surface area contributed by atoms with Crippen LogP contribution < -0.4 is 29.9 Å². The van der Waals surface area contributed by atoms with E-state index < -0.39 is 23.6 Å². The average molecular weight is 473 g/mol. The van der Waals surface area contributed by atoms with Crippen molar-refractivity contribution in [3.05, 3.63) is 88.3 Å². The minimum Gasteiger partial charge on any atom is -0.496 e. The molecule has 8 heteroatoms. The first-order chi connectivity index (χ1) is 17.0. The second-order valence-corrected chi connectivity index (χ2v) is 7.95. The number of nitrogens with one attached hydrogen (secondary N) is 1. The molecule has 0 radical (unpaired) electrons. The third-order valence-electron chi connectivity index (χ3n) is 6.03. The topological polar surface area (TPSA) is 96.2 Å². The summed E-state index contributed by atoms with van der Waals surface area (Å²) in [4.78, 5) is 26.8.